The third-order valence-electron chi connectivity index (χ3n) is 5.18. The average molecular weight is 284 g/mol. The molecular weight excluding hydrogens is 260 g/mol. The monoisotopic (exact) mass is 284 g/mol. The maximum absolute atomic E-state index is 6.39. The number of likely N-dealkylation sites (tertiary alicyclic amines) is 1. The van der Waals surface area contributed by atoms with Gasteiger partial charge in [-0.25, -0.2) is 0 Å². The molecule has 2 saturated heterocycles. The highest BCUT2D eigenvalue weighted by atomic mass is 16.5. The van der Waals surface area contributed by atoms with Crippen molar-refractivity contribution in [2.45, 2.75) is 31.3 Å². The van der Waals surface area contributed by atoms with Gasteiger partial charge in [0.15, 0.2) is 0 Å². The number of ether oxygens (including phenoxy) is 1. The van der Waals surface area contributed by atoms with E-state index in [1.165, 1.54) is 37.2 Å². The quantitative estimate of drug-likeness (QED) is 0.788. The molecule has 21 heavy (non-hydrogen) atoms. The number of hydrogen-bond donors (Lipinski definition) is 0. The summed E-state index contributed by atoms with van der Waals surface area (Å²) in [5.41, 5.74) is 2.53. The van der Waals surface area contributed by atoms with E-state index in [-0.39, 0.29) is 5.60 Å². The lowest BCUT2D eigenvalue weighted by Crippen LogP contribution is -2.46. The molecule has 1 aromatic carbocycles. The molecule has 3 heterocycles. The first-order valence-electron chi connectivity index (χ1n) is 8.20. The molecule has 0 amide bonds. The lowest BCUT2D eigenvalue weighted by atomic mass is 9.88. The second kappa shape index (κ2) is 5.06. The van der Waals surface area contributed by atoms with Crippen LogP contribution in [0.1, 0.15) is 31.2 Å². The lowest BCUT2D eigenvalue weighted by Gasteiger charge is -2.41. The van der Waals surface area contributed by atoms with Crippen LogP contribution in [0, 0.1) is 0 Å². The third kappa shape index (κ3) is 2.44. The van der Waals surface area contributed by atoms with E-state index in [2.05, 4.69) is 47.2 Å². The average Bonchev–Trinajstić information content (AvgIpc) is 3.04. The lowest BCUT2D eigenvalue weighted by molar-refractivity contribution is 0.0473. The molecule has 0 N–H and O–H groups in total. The van der Waals surface area contributed by atoms with E-state index < -0.39 is 0 Å². The molecule has 112 valence electrons. The molecule has 1 spiro atoms. The Labute approximate surface area is 127 Å². The van der Waals surface area contributed by atoms with Crippen LogP contribution in [0.4, 0.5) is 5.69 Å². The van der Waals surface area contributed by atoms with E-state index in [4.69, 9.17) is 4.74 Å². The van der Waals surface area contributed by atoms with Gasteiger partial charge in [-0.3, -0.25) is 0 Å². The van der Waals surface area contributed by atoms with Gasteiger partial charge in [-0.05, 0) is 44.2 Å². The number of rotatable bonds is 1. The topological polar surface area (TPSA) is 15.7 Å². The maximum Gasteiger partial charge on any atom is 0.130 e. The summed E-state index contributed by atoms with van der Waals surface area (Å²) in [7, 11) is 2.19. The Morgan fingerprint density at radius 3 is 2.57 bits per heavy atom. The molecule has 0 radical (unpaired) electrons. The zero-order valence-electron chi connectivity index (χ0n) is 12.8. The normalized spacial score (nSPS) is 24.1. The van der Waals surface area contributed by atoms with Crippen LogP contribution in [0.2, 0.25) is 0 Å². The van der Waals surface area contributed by atoms with Crippen molar-refractivity contribution in [2.75, 3.05) is 38.1 Å². The van der Waals surface area contributed by atoms with Crippen LogP contribution < -0.4 is 9.64 Å². The highest BCUT2D eigenvalue weighted by Crippen LogP contribution is 2.38. The zero-order chi connectivity index (χ0) is 14.3. The minimum absolute atomic E-state index is 0.0608. The van der Waals surface area contributed by atoms with E-state index in [9.17, 15) is 0 Å². The van der Waals surface area contributed by atoms with Gasteiger partial charge in [0.1, 0.15) is 11.4 Å². The molecular formula is C18H24N2O. The number of hydrogen-bond acceptors (Lipinski definition) is 3. The van der Waals surface area contributed by atoms with Gasteiger partial charge in [0, 0.05) is 50.3 Å². The molecule has 2 fully saturated rings. The van der Waals surface area contributed by atoms with Crippen molar-refractivity contribution in [1.29, 1.82) is 0 Å². The Kier molecular flexibility index (Phi) is 3.18. The number of piperidine rings is 1. The molecule has 0 unspecified atom stereocenters. The van der Waals surface area contributed by atoms with Gasteiger partial charge in [-0.2, -0.15) is 0 Å². The van der Waals surface area contributed by atoms with E-state index in [0.717, 1.165) is 31.7 Å². The Morgan fingerprint density at radius 2 is 1.81 bits per heavy atom. The van der Waals surface area contributed by atoms with Crippen LogP contribution in [0.25, 0.3) is 6.08 Å². The van der Waals surface area contributed by atoms with Crippen LogP contribution in [-0.2, 0) is 0 Å². The van der Waals surface area contributed by atoms with Crippen molar-refractivity contribution in [3.05, 3.63) is 29.8 Å². The summed E-state index contributed by atoms with van der Waals surface area (Å²) in [6, 6.07) is 6.69. The second-order valence-corrected chi connectivity index (χ2v) is 6.72. The van der Waals surface area contributed by atoms with E-state index >= 15 is 0 Å². The summed E-state index contributed by atoms with van der Waals surface area (Å²) < 4.78 is 6.39. The second-order valence-electron chi connectivity index (χ2n) is 6.72. The fourth-order valence-corrected chi connectivity index (χ4v) is 3.69. The van der Waals surface area contributed by atoms with Gasteiger partial charge in [-0.15, -0.1) is 0 Å². The molecule has 0 aromatic heterocycles. The van der Waals surface area contributed by atoms with E-state index in [1.807, 2.05) is 0 Å². The minimum Gasteiger partial charge on any atom is -0.482 e. The van der Waals surface area contributed by atoms with E-state index in [0.29, 0.717) is 0 Å². The molecule has 3 aliphatic heterocycles. The molecule has 0 aliphatic carbocycles. The Hall–Kier alpha value is -1.48. The summed E-state index contributed by atoms with van der Waals surface area (Å²) >= 11 is 0. The fraction of sp³-hybridized carbons (Fsp3) is 0.556. The highest BCUT2D eigenvalue weighted by molar-refractivity contribution is 5.67. The molecule has 3 heteroatoms. The molecule has 3 aliphatic rings. The minimum atomic E-state index is -0.0608. The van der Waals surface area contributed by atoms with Gasteiger partial charge in [-0.1, -0.05) is 6.08 Å². The van der Waals surface area contributed by atoms with Crippen LogP contribution in [0.3, 0.4) is 0 Å². The highest BCUT2D eigenvalue weighted by Gasteiger charge is 2.35. The summed E-state index contributed by atoms with van der Waals surface area (Å²) in [5, 5.41) is 0. The molecule has 0 atom stereocenters. The van der Waals surface area contributed by atoms with Gasteiger partial charge in [0.05, 0.1) is 0 Å². The standard InChI is InChI=1S/C18H24N2O/c1-19-12-8-18(9-13-19)7-6-15-14-16(4-5-17(15)21-18)20-10-2-3-11-20/h4-7,14H,2-3,8-13H2,1H3. The smallest absolute Gasteiger partial charge is 0.130 e. The zero-order valence-corrected chi connectivity index (χ0v) is 12.8. The predicted molar refractivity (Wildman–Crippen MR) is 87.0 cm³/mol. The van der Waals surface area contributed by atoms with Crippen molar-refractivity contribution in [1.82, 2.24) is 4.90 Å². The number of nitrogens with zero attached hydrogens (tertiary/aromatic N) is 2. The summed E-state index contributed by atoms with van der Waals surface area (Å²) in [6.07, 6.45) is 9.40. The number of fused-ring (bicyclic) bond motifs is 1. The molecule has 0 saturated carbocycles. The number of anilines is 1. The van der Waals surface area contributed by atoms with Crippen LogP contribution in [0.5, 0.6) is 5.75 Å². The van der Waals surface area contributed by atoms with Crippen LogP contribution in [0.15, 0.2) is 24.3 Å². The predicted octanol–water partition coefficient (Wildman–Crippen LogP) is 3.16. The molecule has 1 aromatic rings. The fourth-order valence-electron chi connectivity index (χ4n) is 3.69. The van der Waals surface area contributed by atoms with Crippen molar-refractivity contribution < 1.29 is 4.74 Å². The van der Waals surface area contributed by atoms with Gasteiger partial charge < -0.3 is 14.5 Å². The maximum atomic E-state index is 6.39. The van der Waals surface area contributed by atoms with Gasteiger partial charge >= 0.3 is 0 Å². The first-order chi connectivity index (χ1) is 10.2. The molecule has 3 nitrogen and oxygen atoms in total. The van der Waals surface area contributed by atoms with Crippen molar-refractivity contribution in [3.63, 3.8) is 0 Å². The first-order valence-corrected chi connectivity index (χ1v) is 8.20. The Morgan fingerprint density at radius 1 is 1.05 bits per heavy atom. The SMILES string of the molecule is CN1CCC2(C=Cc3cc(N4CCCC4)ccc3O2)CC1. The van der Waals surface area contributed by atoms with Crippen molar-refractivity contribution >= 4 is 11.8 Å². The van der Waals surface area contributed by atoms with Crippen LogP contribution in [-0.4, -0.2) is 43.7 Å². The molecule has 0 bridgehead atoms. The largest absolute Gasteiger partial charge is 0.482 e. The third-order valence-corrected chi connectivity index (χ3v) is 5.18. The van der Waals surface area contributed by atoms with Crippen LogP contribution >= 0.6 is 0 Å². The Bertz CT molecular complexity index is 552. The van der Waals surface area contributed by atoms with Crippen molar-refractivity contribution in [2.24, 2.45) is 0 Å². The summed E-state index contributed by atoms with van der Waals surface area (Å²) in [6.45, 7) is 4.62. The summed E-state index contributed by atoms with van der Waals surface area (Å²) in [4.78, 5) is 4.86. The Balaban J connectivity index is 1.57. The van der Waals surface area contributed by atoms with Gasteiger partial charge in [0.2, 0.25) is 0 Å². The van der Waals surface area contributed by atoms with Crippen molar-refractivity contribution in [3.8, 4) is 5.75 Å². The molecule has 4 rings (SSSR count). The number of benzene rings is 1. The summed E-state index contributed by atoms with van der Waals surface area (Å²) in [5.74, 6) is 1.06. The first kappa shape index (κ1) is 13.2. The van der Waals surface area contributed by atoms with E-state index in [1.54, 1.807) is 0 Å². The van der Waals surface area contributed by atoms with Gasteiger partial charge in [0.25, 0.3) is 0 Å².